The quantitative estimate of drug-likeness (QED) is 0.630. The fourth-order valence-corrected chi connectivity index (χ4v) is 2.90. The minimum Gasteiger partial charge on any atom is -0.482 e. The van der Waals surface area contributed by atoms with Gasteiger partial charge >= 0.3 is 5.69 Å². The second-order valence-corrected chi connectivity index (χ2v) is 6.66. The molecule has 8 nitrogen and oxygen atoms in total. The molecular formula is C18H17Cl2N5O3. The average molecular weight is 422 g/mol. The molecule has 0 unspecified atom stereocenters. The van der Waals surface area contributed by atoms with Crippen LogP contribution in [0.5, 0.6) is 5.75 Å². The van der Waals surface area contributed by atoms with Crippen LogP contribution in [-0.2, 0) is 18.4 Å². The molecule has 10 heteroatoms. The molecule has 0 aliphatic heterocycles. The normalized spacial score (nSPS) is 10.7. The monoisotopic (exact) mass is 421 g/mol. The third kappa shape index (κ3) is 4.71. The molecule has 0 saturated heterocycles. The molecule has 0 radical (unpaired) electrons. The maximum absolute atomic E-state index is 12.3. The van der Waals surface area contributed by atoms with E-state index in [0.29, 0.717) is 27.3 Å². The second kappa shape index (κ2) is 8.90. The number of hydrogen-bond acceptors (Lipinski definition) is 5. The minimum atomic E-state index is -0.347. The first-order valence-electron chi connectivity index (χ1n) is 8.35. The van der Waals surface area contributed by atoms with Crippen molar-refractivity contribution in [2.75, 3.05) is 13.2 Å². The number of nitrogens with zero attached hydrogens (tertiary/aromatic N) is 4. The highest BCUT2D eigenvalue weighted by molar-refractivity contribution is 6.35. The summed E-state index contributed by atoms with van der Waals surface area (Å²) >= 11 is 11.8. The summed E-state index contributed by atoms with van der Waals surface area (Å²) in [6, 6.07) is 10.1. The first-order chi connectivity index (χ1) is 13.5. The zero-order valence-corrected chi connectivity index (χ0v) is 16.4. The van der Waals surface area contributed by atoms with E-state index in [0.717, 1.165) is 0 Å². The SMILES string of the molecule is Cn1c(-c2ccccn2)nn(CCNC(=O)COc2ccc(Cl)cc2Cl)c1=O. The second-order valence-electron chi connectivity index (χ2n) is 5.82. The van der Waals surface area contributed by atoms with Gasteiger partial charge in [-0.3, -0.25) is 14.3 Å². The highest BCUT2D eigenvalue weighted by Gasteiger charge is 2.13. The van der Waals surface area contributed by atoms with Crippen LogP contribution in [0.2, 0.25) is 10.0 Å². The molecule has 146 valence electrons. The summed E-state index contributed by atoms with van der Waals surface area (Å²) in [5.74, 6) is 0.472. The number of benzene rings is 1. The summed E-state index contributed by atoms with van der Waals surface area (Å²) in [5.41, 5.74) is 0.303. The molecule has 0 bridgehead atoms. The van der Waals surface area contributed by atoms with Crippen molar-refractivity contribution in [3.05, 3.63) is 63.1 Å². The van der Waals surface area contributed by atoms with Crippen molar-refractivity contribution in [3.63, 3.8) is 0 Å². The van der Waals surface area contributed by atoms with Crippen LogP contribution in [0, 0.1) is 0 Å². The van der Waals surface area contributed by atoms with E-state index >= 15 is 0 Å². The van der Waals surface area contributed by atoms with Crippen LogP contribution in [0.25, 0.3) is 11.5 Å². The fraction of sp³-hybridized carbons (Fsp3) is 0.222. The maximum Gasteiger partial charge on any atom is 0.346 e. The molecule has 2 aromatic heterocycles. The number of pyridine rings is 1. The summed E-state index contributed by atoms with van der Waals surface area (Å²) in [4.78, 5) is 28.4. The molecule has 3 aromatic rings. The van der Waals surface area contributed by atoms with Gasteiger partial charge in [0.25, 0.3) is 5.91 Å². The zero-order chi connectivity index (χ0) is 20.1. The minimum absolute atomic E-state index is 0.211. The van der Waals surface area contributed by atoms with Gasteiger partial charge in [-0.05, 0) is 30.3 Å². The van der Waals surface area contributed by atoms with Crippen molar-refractivity contribution in [2.45, 2.75) is 6.54 Å². The number of rotatable bonds is 7. The van der Waals surface area contributed by atoms with E-state index in [-0.39, 0.29) is 31.3 Å². The Morgan fingerprint density at radius 3 is 2.79 bits per heavy atom. The third-order valence-electron chi connectivity index (χ3n) is 3.83. The molecule has 1 aromatic carbocycles. The lowest BCUT2D eigenvalue weighted by atomic mass is 10.3. The lowest BCUT2D eigenvalue weighted by Crippen LogP contribution is -2.34. The number of carbonyl (C=O) groups is 1. The van der Waals surface area contributed by atoms with Gasteiger partial charge in [-0.25, -0.2) is 9.48 Å². The van der Waals surface area contributed by atoms with Crippen LogP contribution < -0.4 is 15.7 Å². The Labute approximate surface area is 170 Å². The van der Waals surface area contributed by atoms with E-state index in [2.05, 4.69) is 15.4 Å². The molecule has 0 aliphatic carbocycles. The van der Waals surface area contributed by atoms with Gasteiger partial charge < -0.3 is 10.1 Å². The first-order valence-corrected chi connectivity index (χ1v) is 9.11. The number of amides is 1. The van der Waals surface area contributed by atoms with Crippen LogP contribution in [0.4, 0.5) is 0 Å². The summed E-state index contributed by atoms with van der Waals surface area (Å²) in [6.45, 7) is 0.222. The Balaban J connectivity index is 1.53. The molecule has 0 saturated carbocycles. The van der Waals surface area contributed by atoms with Crippen molar-refractivity contribution in [1.29, 1.82) is 0 Å². The van der Waals surface area contributed by atoms with E-state index in [1.54, 1.807) is 37.5 Å². The topological polar surface area (TPSA) is 91.0 Å². The van der Waals surface area contributed by atoms with Gasteiger partial charge in [-0.15, -0.1) is 5.10 Å². The van der Waals surface area contributed by atoms with Gasteiger partial charge in [0.1, 0.15) is 11.4 Å². The predicted octanol–water partition coefficient (Wildman–Crippen LogP) is 2.15. The molecule has 28 heavy (non-hydrogen) atoms. The molecular weight excluding hydrogens is 405 g/mol. The summed E-state index contributed by atoms with van der Waals surface area (Å²) in [7, 11) is 1.62. The maximum atomic E-state index is 12.3. The third-order valence-corrected chi connectivity index (χ3v) is 4.36. The molecule has 2 heterocycles. The van der Waals surface area contributed by atoms with Crippen molar-refractivity contribution in [2.24, 2.45) is 7.05 Å². The molecule has 1 N–H and O–H groups in total. The van der Waals surface area contributed by atoms with E-state index in [1.807, 2.05) is 6.07 Å². The van der Waals surface area contributed by atoms with Gasteiger partial charge in [0, 0.05) is 24.8 Å². The molecule has 1 amide bonds. The van der Waals surface area contributed by atoms with Gasteiger partial charge in [-0.1, -0.05) is 29.3 Å². The van der Waals surface area contributed by atoms with E-state index in [1.165, 1.54) is 15.3 Å². The molecule has 0 aliphatic rings. The van der Waals surface area contributed by atoms with Gasteiger partial charge in [-0.2, -0.15) is 0 Å². The van der Waals surface area contributed by atoms with Gasteiger partial charge in [0.2, 0.25) is 0 Å². The average Bonchev–Trinajstić information content (AvgIpc) is 2.96. The van der Waals surface area contributed by atoms with E-state index in [9.17, 15) is 9.59 Å². The van der Waals surface area contributed by atoms with Crippen molar-refractivity contribution < 1.29 is 9.53 Å². The summed E-state index contributed by atoms with van der Waals surface area (Å²) < 4.78 is 8.05. The number of ether oxygens (including phenoxy) is 1. The van der Waals surface area contributed by atoms with E-state index in [4.69, 9.17) is 27.9 Å². The lowest BCUT2D eigenvalue weighted by Gasteiger charge is -2.08. The Morgan fingerprint density at radius 2 is 2.07 bits per heavy atom. The molecule has 3 rings (SSSR count). The molecule has 0 fully saturated rings. The van der Waals surface area contributed by atoms with Crippen LogP contribution in [0.3, 0.4) is 0 Å². The smallest absolute Gasteiger partial charge is 0.346 e. The Kier molecular flexibility index (Phi) is 6.33. The van der Waals surface area contributed by atoms with Crippen molar-refractivity contribution in [3.8, 4) is 17.3 Å². The first kappa shape index (κ1) is 19.9. The highest BCUT2D eigenvalue weighted by atomic mass is 35.5. The van der Waals surface area contributed by atoms with Gasteiger partial charge in [0.15, 0.2) is 12.4 Å². The number of nitrogens with one attached hydrogen (secondary N) is 1. The number of carbonyl (C=O) groups excluding carboxylic acids is 1. The zero-order valence-electron chi connectivity index (χ0n) is 14.9. The molecule has 0 atom stereocenters. The van der Waals surface area contributed by atoms with Gasteiger partial charge in [0.05, 0.1) is 11.6 Å². The Bertz CT molecular complexity index is 1030. The fourth-order valence-electron chi connectivity index (χ4n) is 2.44. The number of halogens is 2. The molecule has 0 spiro atoms. The summed E-state index contributed by atoms with van der Waals surface area (Å²) in [6.07, 6.45) is 1.63. The van der Waals surface area contributed by atoms with Crippen LogP contribution in [0.1, 0.15) is 0 Å². The van der Waals surface area contributed by atoms with Crippen LogP contribution in [-0.4, -0.2) is 38.4 Å². The lowest BCUT2D eigenvalue weighted by molar-refractivity contribution is -0.123. The number of hydrogen-bond donors (Lipinski definition) is 1. The standard InChI is InChI=1S/C18H17Cl2N5O3/c1-24-17(14-4-2-3-7-21-14)23-25(18(24)27)9-8-22-16(26)11-28-15-6-5-12(19)10-13(15)20/h2-7,10H,8-9,11H2,1H3,(H,22,26). The van der Waals surface area contributed by atoms with Crippen molar-refractivity contribution >= 4 is 29.1 Å². The largest absolute Gasteiger partial charge is 0.482 e. The van der Waals surface area contributed by atoms with Crippen molar-refractivity contribution in [1.82, 2.24) is 24.6 Å². The highest BCUT2D eigenvalue weighted by Crippen LogP contribution is 2.27. The number of aromatic nitrogens is 4. The van der Waals surface area contributed by atoms with E-state index < -0.39 is 0 Å². The Hall–Kier alpha value is -2.84. The predicted molar refractivity (Wildman–Crippen MR) is 106 cm³/mol. The Morgan fingerprint density at radius 1 is 1.25 bits per heavy atom. The summed E-state index contributed by atoms with van der Waals surface area (Å²) in [5, 5.41) is 7.75. The van der Waals surface area contributed by atoms with Crippen LogP contribution in [0.15, 0.2) is 47.4 Å². The van der Waals surface area contributed by atoms with Crippen LogP contribution >= 0.6 is 23.2 Å².